The first kappa shape index (κ1) is 15.1. The molecule has 6 nitrogen and oxygen atoms in total. The minimum absolute atomic E-state index is 0.334. The summed E-state index contributed by atoms with van der Waals surface area (Å²) in [4.78, 5) is 8.68. The first-order valence-electron chi connectivity index (χ1n) is 7.04. The predicted molar refractivity (Wildman–Crippen MR) is 87.0 cm³/mol. The van der Waals surface area contributed by atoms with E-state index >= 15 is 0 Å². The molecule has 0 N–H and O–H groups in total. The highest BCUT2D eigenvalue weighted by atomic mass is 32.2. The van der Waals surface area contributed by atoms with Crippen molar-refractivity contribution in [2.75, 3.05) is 0 Å². The van der Waals surface area contributed by atoms with E-state index in [1.165, 1.54) is 23.3 Å². The van der Waals surface area contributed by atoms with Gasteiger partial charge in [-0.2, -0.15) is 4.37 Å². The first-order valence-corrected chi connectivity index (χ1v) is 8.63. The molecule has 0 radical (unpaired) electrons. The van der Waals surface area contributed by atoms with Gasteiger partial charge < -0.3 is 4.57 Å². The molecule has 0 amide bonds. The van der Waals surface area contributed by atoms with Gasteiger partial charge in [0.05, 0.1) is 0 Å². The minimum Gasteiger partial charge on any atom is -0.302 e. The SMILES string of the molecule is CCn1c(Sc2nc(C(C)C)ns2)nnc1-c1cccnc1. The summed E-state index contributed by atoms with van der Waals surface area (Å²) in [5.41, 5.74) is 0.962. The molecule has 0 spiro atoms. The van der Waals surface area contributed by atoms with Gasteiger partial charge in [-0.05, 0) is 42.4 Å². The highest BCUT2D eigenvalue weighted by molar-refractivity contribution is 8.00. The fourth-order valence-electron chi connectivity index (χ4n) is 1.93. The van der Waals surface area contributed by atoms with Crippen LogP contribution in [-0.2, 0) is 6.54 Å². The number of rotatable bonds is 5. The van der Waals surface area contributed by atoms with Gasteiger partial charge in [-0.25, -0.2) is 4.98 Å². The lowest BCUT2D eigenvalue weighted by atomic mass is 10.2. The zero-order valence-corrected chi connectivity index (χ0v) is 14.2. The molecule has 3 aromatic rings. The van der Waals surface area contributed by atoms with Crippen LogP contribution in [0.5, 0.6) is 0 Å². The third-order valence-electron chi connectivity index (χ3n) is 3.07. The van der Waals surface area contributed by atoms with E-state index in [4.69, 9.17) is 0 Å². The number of aromatic nitrogens is 6. The minimum atomic E-state index is 0.334. The Labute approximate surface area is 137 Å². The molecule has 0 unspecified atom stereocenters. The Balaban J connectivity index is 1.90. The zero-order chi connectivity index (χ0) is 15.5. The summed E-state index contributed by atoms with van der Waals surface area (Å²) in [6, 6.07) is 3.88. The Morgan fingerprint density at radius 2 is 2.18 bits per heavy atom. The fourth-order valence-corrected chi connectivity index (χ4v) is 3.68. The van der Waals surface area contributed by atoms with Crippen LogP contribution in [0.15, 0.2) is 34.0 Å². The molecule has 0 fully saturated rings. The largest absolute Gasteiger partial charge is 0.302 e. The first-order chi connectivity index (χ1) is 10.7. The van der Waals surface area contributed by atoms with E-state index in [1.807, 2.05) is 12.1 Å². The van der Waals surface area contributed by atoms with Gasteiger partial charge in [0.25, 0.3) is 0 Å². The van der Waals surface area contributed by atoms with Gasteiger partial charge in [0.15, 0.2) is 15.3 Å². The summed E-state index contributed by atoms with van der Waals surface area (Å²) in [7, 11) is 0. The molecule has 0 aliphatic heterocycles. The molecule has 3 heterocycles. The summed E-state index contributed by atoms with van der Waals surface area (Å²) >= 11 is 2.91. The Kier molecular flexibility index (Phi) is 4.49. The molecule has 0 aliphatic carbocycles. The van der Waals surface area contributed by atoms with Crippen molar-refractivity contribution in [1.29, 1.82) is 0 Å². The van der Waals surface area contributed by atoms with E-state index in [0.717, 1.165) is 33.3 Å². The maximum atomic E-state index is 4.54. The van der Waals surface area contributed by atoms with Crippen LogP contribution in [0.1, 0.15) is 32.5 Å². The predicted octanol–water partition coefficient (Wildman–Crippen LogP) is 3.49. The van der Waals surface area contributed by atoms with Crippen molar-refractivity contribution in [2.24, 2.45) is 0 Å². The third-order valence-corrected chi connectivity index (χ3v) is 4.82. The van der Waals surface area contributed by atoms with Crippen LogP contribution < -0.4 is 0 Å². The maximum Gasteiger partial charge on any atom is 0.198 e. The molecule has 3 aromatic heterocycles. The average Bonchev–Trinajstić information content (AvgIpc) is 3.15. The van der Waals surface area contributed by atoms with Gasteiger partial charge in [0.1, 0.15) is 5.82 Å². The van der Waals surface area contributed by atoms with E-state index in [1.54, 1.807) is 12.4 Å². The van der Waals surface area contributed by atoms with E-state index in [-0.39, 0.29) is 0 Å². The Bertz CT molecular complexity index is 750. The van der Waals surface area contributed by atoms with Gasteiger partial charge in [0.2, 0.25) is 0 Å². The van der Waals surface area contributed by atoms with Crippen molar-refractivity contribution in [3.05, 3.63) is 30.4 Å². The lowest BCUT2D eigenvalue weighted by Gasteiger charge is -2.05. The standard InChI is InChI=1S/C14H16N6S2/c1-4-20-12(10-6-5-7-15-8-10)17-18-13(20)21-14-16-11(9(2)3)19-22-14/h5-9H,4H2,1-3H3. The second-order valence-corrected chi connectivity index (χ2v) is 6.93. The molecule has 0 saturated heterocycles. The van der Waals surface area contributed by atoms with E-state index < -0.39 is 0 Å². The molecule has 0 aliphatic rings. The Morgan fingerprint density at radius 1 is 1.32 bits per heavy atom. The molecule has 8 heteroatoms. The number of hydrogen-bond donors (Lipinski definition) is 0. The highest BCUT2D eigenvalue weighted by Gasteiger charge is 2.16. The molecule has 0 atom stereocenters. The summed E-state index contributed by atoms with van der Waals surface area (Å²) in [5.74, 6) is 2.04. The van der Waals surface area contributed by atoms with Gasteiger partial charge >= 0.3 is 0 Å². The van der Waals surface area contributed by atoms with Crippen LogP contribution in [0.2, 0.25) is 0 Å². The molecule has 0 bridgehead atoms. The highest BCUT2D eigenvalue weighted by Crippen LogP contribution is 2.31. The topological polar surface area (TPSA) is 69.4 Å². The molecule has 114 valence electrons. The van der Waals surface area contributed by atoms with Crippen LogP contribution in [0.4, 0.5) is 0 Å². The quantitative estimate of drug-likeness (QED) is 0.712. The van der Waals surface area contributed by atoms with Crippen molar-refractivity contribution < 1.29 is 0 Å². The van der Waals surface area contributed by atoms with Gasteiger partial charge in [-0.3, -0.25) is 4.98 Å². The number of nitrogens with zero attached hydrogens (tertiary/aromatic N) is 6. The normalized spacial score (nSPS) is 11.3. The monoisotopic (exact) mass is 332 g/mol. The summed E-state index contributed by atoms with van der Waals surface area (Å²) in [6.45, 7) is 7.04. The molecule has 0 saturated carbocycles. The van der Waals surface area contributed by atoms with Crippen molar-refractivity contribution in [3.63, 3.8) is 0 Å². The van der Waals surface area contributed by atoms with Crippen molar-refractivity contribution >= 4 is 23.3 Å². The summed E-state index contributed by atoms with van der Waals surface area (Å²) < 4.78 is 7.33. The second kappa shape index (κ2) is 6.53. The smallest absolute Gasteiger partial charge is 0.198 e. The Hall–Kier alpha value is -1.80. The third kappa shape index (κ3) is 3.02. The number of pyridine rings is 1. The molecule has 22 heavy (non-hydrogen) atoms. The summed E-state index contributed by atoms with van der Waals surface area (Å²) in [5, 5.41) is 9.43. The van der Waals surface area contributed by atoms with E-state index in [0.29, 0.717) is 5.92 Å². The Morgan fingerprint density at radius 3 is 2.82 bits per heavy atom. The molecular weight excluding hydrogens is 316 g/mol. The van der Waals surface area contributed by atoms with Crippen molar-refractivity contribution in [3.8, 4) is 11.4 Å². The van der Waals surface area contributed by atoms with Crippen molar-refractivity contribution in [1.82, 2.24) is 29.1 Å². The number of hydrogen-bond acceptors (Lipinski definition) is 7. The molecule has 0 aromatic carbocycles. The van der Waals surface area contributed by atoms with Crippen LogP contribution in [0, 0.1) is 0 Å². The van der Waals surface area contributed by atoms with E-state index in [9.17, 15) is 0 Å². The van der Waals surface area contributed by atoms with Crippen LogP contribution in [0.3, 0.4) is 0 Å². The zero-order valence-electron chi connectivity index (χ0n) is 12.6. The second-order valence-electron chi connectivity index (χ2n) is 4.97. The van der Waals surface area contributed by atoms with Crippen molar-refractivity contribution in [2.45, 2.75) is 42.7 Å². The summed E-state index contributed by atoms with van der Waals surface area (Å²) in [6.07, 6.45) is 3.55. The lowest BCUT2D eigenvalue weighted by molar-refractivity contribution is 0.687. The van der Waals surface area contributed by atoms with E-state index in [2.05, 4.69) is 49.9 Å². The van der Waals surface area contributed by atoms with Crippen LogP contribution in [0.25, 0.3) is 11.4 Å². The van der Waals surface area contributed by atoms with Crippen LogP contribution >= 0.6 is 23.3 Å². The van der Waals surface area contributed by atoms with Gasteiger partial charge in [0, 0.05) is 30.4 Å². The van der Waals surface area contributed by atoms with Gasteiger partial charge in [-0.1, -0.05) is 13.8 Å². The maximum absolute atomic E-state index is 4.54. The van der Waals surface area contributed by atoms with Gasteiger partial charge in [-0.15, -0.1) is 10.2 Å². The average molecular weight is 332 g/mol. The van der Waals surface area contributed by atoms with Crippen LogP contribution in [-0.4, -0.2) is 29.1 Å². The molecule has 3 rings (SSSR count). The fraction of sp³-hybridized carbons (Fsp3) is 0.357. The molecular formula is C14H16N6S2. The lowest BCUT2D eigenvalue weighted by Crippen LogP contribution is -1.99.